The molecule has 6 N–H and O–H groups in total. The zero-order valence-electron chi connectivity index (χ0n) is 29.4. The SMILES string of the molecule is C=CC(=O)NCCCO.C=CC(=O)NCCCOC[C@H](C[C@H](COCCCNC(=O)C=C)OCCCNC(=O)C=C)OCCCNC(=O)C=C. The molecule has 0 saturated heterocycles. The van der Waals surface area contributed by atoms with E-state index < -0.39 is 0 Å². The molecule has 50 heavy (non-hydrogen) atoms. The quantitative estimate of drug-likeness (QED) is 0.0425. The number of hydrogen-bond acceptors (Lipinski definition) is 10. The van der Waals surface area contributed by atoms with Crippen LogP contribution >= 0.6 is 0 Å². The number of amides is 5. The van der Waals surface area contributed by atoms with E-state index in [9.17, 15) is 24.0 Å². The van der Waals surface area contributed by atoms with Gasteiger partial charge >= 0.3 is 0 Å². The largest absolute Gasteiger partial charge is 0.396 e. The van der Waals surface area contributed by atoms with Gasteiger partial charge in [-0.25, -0.2) is 0 Å². The zero-order valence-corrected chi connectivity index (χ0v) is 29.4. The van der Waals surface area contributed by atoms with Crippen LogP contribution in [0.4, 0.5) is 0 Å². The van der Waals surface area contributed by atoms with Crippen LogP contribution in [0, 0.1) is 0 Å². The van der Waals surface area contributed by atoms with Crippen LogP contribution in [0.15, 0.2) is 63.3 Å². The van der Waals surface area contributed by atoms with Crippen molar-refractivity contribution in [2.45, 2.75) is 50.7 Å². The molecule has 0 aliphatic rings. The number of rotatable bonds is 32. The number of hydrogen-bond donors (Lipinski definition) is 6. The number of aliphatic hydroxyl groups is 1. The Morgan fingerprint density at radius 3 is 1.04 bits per heavy atom. The van der Waals surface area contributed by atoms with E-state index in [1.54, 1.807) is 0 Å². The van der Waals surface area contributed by atoms with Crippen molar-refractivity contribution >= 4 is 29.5 Å². The first-order valence-corrected chi connectivity index (χ1v) is 16.7. The summed E-state index contributed by atoms with van der Waals surface area (Å²) < 4.78 is 23.7. The summed E-state index contributed by atoms with van der Waals surface area (Å²) in [5.41, 5.74) is 0. The van der Waals surface area contributed by atoms with Crippen molar-refractivity contribution in [3.8, 4) is 0 Å². The van der Waals surface area contributed by atoms with Crippen LogP contribution < -0.4 is 26.6 Å². The van der Waals surface area contributed by atoms with Gasteiger partial charge in [0, 0.05) is 72.2 Å². The van der Waals surface area contributed by atoms with Crippen LogP contribution in [-0.4, -0.2) is 126 Å². The van der Waals surface area contributed by atoms with Crippen molar-refractivity contribution in [3.05, 3.63) is 63.3 Å². The lowest BCUT2D eigenvalue weighted by atomic mass is 10.1. The van der Waals surface area contributed by atoms with Crippen LogP contribution in [0.2, 0.25) is 0 Å². The molecule has 0 saturated carbocycles. The minimum absolute atomic E-state index is 0.109. The summed E-state index contributed by atoms with van der Waals surface area (Å²) in [7, 11) is 0. The Labute approximate surface area is 297 Å². The summed E-state index contributed by atoms with van der Waals surface area (Å²) in [5, 5.41) is 21.6. The van der Waals surface area contributed by atoms with Crippen molar-refractivity contribution in [2.75, 3.05) is 79.0 Å². The minimum Gasteiger partial charge on any atom is -0.396 e. The fourth-order valence-corrected chi connectivity index (χ4v) is 3.58. The first-order valence-electron chi connectivity index (χ1n) is 16.7. The molecule has 0 aliphatic carbocycles. The summed E-state index contributed by atoms with van der Waals surface area (Å²) in [4.78, 5) is 55.6. The zero-order chi connectivity index (χ0) is 37.7. The molecule has 15 heteroatoms. The van der Waals surface area contributed by atoms with Crippen LogP contribution in [0.5, 0.6) is 0 Å². The molecule has 0 bridgehead atoms. The first kappa shape index (κ1) is 48.0. The van der Waals surface area contributed by atoms with Crippen molar-refractivity contribution in [2.24, 2.45) is 0 Å². The molecular weight excluding hydrogens is 650 g/mol. The van der Waals surface area contributed by atoms with Crippen molar-refractivity contribution < 1.29 is 48.0 Å². The normalized spacial score (nSPS) is 11.3. The highest BCUT2D eigenvalue weighted by molar-refractivity contribution is 5.88. The number of nitrogens with one attached hydrogen (secondary N) is 5. The number of carbonyl (C=O) groups excluding carboxylic acids is 5. The average Bonchev–Trinajstić information content (AvgIpc) is 3.13. The average molecular weight is 710 g/mol. The Hall–Kier alpha value is -4.15. The monoisotopic (exact) mass is 709 g/mol. The fourth-order valence-electron chi connectivity index (χ4n) is 3.58. The second kappa shape index (κ2) is 36.1. The molecule has 5 amide bonds. The van der Waals surface area contributed by atoms with E-state index in [0.717, 1.165) is 0 Å². The van der Waals surface area contributed by atoms with E-state index in [4.69, 9.17) is 24.1 Å². The van der Waals surface area contributed by atoms with E-state index in [-0.39, 0.29) is 48.4 Å². The number of aliphatic hydroxyl groups excluding tert-OH is 1. The molecule has 0 aromatic carbocycles. The smallest absolute Gasteiger partial charge is 0.243 e. The number of ether oxygens (including phenoxy) is 4. The van der Waals surface area contributed by atoms with Gasteiger partial charge in [0.15, 0.2) is 0 Å². The third kappa shape index (κ3) is 33.7. The Morgan fingerprint density at radius 2 is 0.760 bits per heavy atom. The summed E-state index contributed by atoms with van der Waals surface area (Å²) >= 11 is 0. The van der Waals surface area contributed by atoms with Gasteiger partial charge in [-0.1, -0.05) is 32.9 Å². The minimum atomic E-state index is -0.311. The van der Waals surface area contributed by atoms with Crippen LogP contribution in [0.1, 0.15) is 38.5 Å². The van der Waals surface area contributed by atoms with E-state index >= 15 is 0 Å². The van der Waals surface area contributed by atoms with Gasteiger partial charge in [0.2, 0.25) is 29.5 Å². The van der Waals surface area contributed by atoms with Crippen LogP contribution in [0.25, 0.3) is 0 Å². The predicted molar refractivity (Wildman–Crippen MR) is 192 cm³/mol. The summed E-state index contributed by atoms with van der Waals surface area (Å²) in [6.45, 7) is 21.7. The first-order chi connectivity index (χ1) is 24.2. The molecule has 0 aromatic heterocycles. The summed E-state index contributed by atoms with van der Waals surface area (Å²) in [6, 6.07) is 0. The van der Waals surface area contributed by atoms with E-state index in [1.165, 1.54) is 30.4 Å². The second-order valence-corrected chi connectivity index (χ2v) is 10.3. The van der Waals surface area contributed by atoms with Gasteiger partial charge in [-0.15, -0.1) is 0 Å². The van der Waals surface area contributed by atoms with Crippen molar-refractivity contribution in [3.63, 3.8) is 0 Å². The van der Waals surface area contributed by atoms with E-state index in [1.807, 2.05) is 0 Å². The van der Waals surface area contributed by atoms with Gasteiger partial charge < -0.3 is 50.6 Å². The lowest BCUT2D eigenvalue weighted by Crippen LogP contribution is -2.33. The number of carbonyl (C=O) groups is 5. The van der Waals surface area contributed by atoms with E-state index in [2.05, 4.69) is 59.5 Å². The molecule has 0 radical (unpaired) electrons. The van der Waals surface area contributed by atoms with Gasteiger partial charge in [0.25, 0.3) is 0 Å². The van der Waals surface area contributed by atoms with Crippen molar-refractivity contribution in [1.82, 2.24) is 26.6 Å². The van der Waals surface area contributed by atoms with E-state index in [0.29, 0.717) is 111 Å². The van der Waals surface area contributed by atoms with Crippen molar-refractivity contribution in [1.29, 1.82) is 0 Å². The topological polar surface area (TPSA) is 203 Å². The Morgan fingerprint density at radius 1 is 0.480 bits per heavy atom. The maximum absolute atomic E-state index is 11.4. The highest BCUT2D eigenvalue weighted by Crippen LogP contribution is 2.10. The van der Waals surface area contributed by atoms with Gasteiger partial charge in [-0.3, -0.25) is 24.0 Å². The van der Waals surface area contributed by atoms with Gasteiger partial charge in [0.05, 0.1) is 25.4 Å². The highest BCUT2D eigenvalue weighted by atomic mass is 16.5. The molecule has 284 valence electrons. The molecule has 0 rings (SSSR count). The molecular formula is C35H59N5O10. The molecule has 0 spiro atoms. The van der Waals surface area contributed by atoms with Crippen LogP contribution in [-0.2, 0) is 42.9 Å². The lowest BCUT2D eigenvalue weighted by molar-refractivity contribution is -0.117. The second-order valence-electron chi connectivity index (χ2n) is 10.3. The van der Waals surface area contributed by atoms with Gasteiger partial charge in [-0.2, -0.15) is 0 Å². The maximum Gasteiger partial charge on any atom is 0.243 e. The summed E-state index contributed by atoms with van der Waals surface area (Å²) in [5.74, 6) is -1.15. The Balaban J connectivity index is 0. The Bertz CT molecular complexity index is 944. The molecule has 0 aromatic rings. The standard InChI is InChI=1S/C29H48N4O8.C6H11NO2/c1-5-26(34)30-13-9-17-38-22-24(40-19-11-15-32-28(36)7-3)21-25(41-20-12-16-33-29(37)8-4)23-39-18-10-14-31-27(35)6-2;1-2-6(9)7-4-3-5-8/h5-8,24-25H,1-4,9-23H2,(H,30,34)(H,31,35)(H,32,36)(H,33,37);2,8H,1,3-5H2,(H,7,9)/t24-,25+;. The molecule has 0 fully saturated rings. The van der Waals surface area contributed by atoms with Crippen LogP contribution in [0.3, 0.4) is 0 Å². The lowest BCUT2D eigenvalue weighted by Gasteiger charge is -2.25. The molecule has 2 atom stereocenters. The molecule has 15 nitrogen and oxygen atoms in total. The predicted octanol–water partition coefficient (Wildman–Crippen LogP) is 0.620. The Kier molecular flexibility index (Phi) is 34.7. The van der Waals surface area contributed by atoms with Gasteiger partial charge in [-0.05, 0) is 62.5 Å². The highest BCUT2D eigenvalue weighted by Gasteiger charge is 2.19. The molecule has 0 heterocycles. The maximum atomic E-state index is 11.4. The third-order valence-corrected chi connectivity index (χ3v) is 6.17. The third-order valence-electron chi connectivity index (χ3n) is 6.17. The van der Waals surface area contributed by atoms with Gasteiger partial charge in [0.1, 0.15) is 0 Å². The molecule has 0 aliphatic heterocycles. The summed E-state index contributed by atoms with van der Waals surface area (Å²) in [6.07, 6.45) is 8.99. The molecule has 0 unspecified atom stereocenters. The fraction of sp³-hybridized carbons (Fsp3) is 0.571.